The van der Waals surface area contributed by atoms with Crippen molar-refractivity contribution in [2.24, 2.45) is 0 Å². The number of pyridine rings is 1. The second-order valence-electron chi connectivity index (χ2n) is 3.52. The van der Waals surface area contributed by atoms with E-state index >= 15 is 0 Å². The lowest BCUT2D eigenvalue weighted by Gasteiger charge is -2.08. The summed E-state index contributed by atoms with van der Waals surface area (Å²) in [5.41, 5.74) is 6.66. The molecule has 4 nitrogen and oxygen atoms in total. The summed E-state index contributed by atoms with van der Waals surface area (Å²) in [5.74, 6) is 0.0945. The van der Waals surface area contributed by atoms with Crippen molar-refractivity contribution in [2.75, 3.05) is 11.1 Å². The first kappa shape index (κ1) is 13.0. The Morgan fingerprint density at radius 2 is 2.06 bits per heavy atom. The molecule has 0 bridgehead atoms. The number of carbonyl (C=O) groups is 1. The first-order valence-electron chi connectivity index (χ1n) is 5.05. The van der Waals surface area contributed by atoms with Crippen LogP contribution in [0.2, 0.25) is 0 Å². The number of nitrogens with one attached hydrogen (secondary N) is 1. The molecule has 1 heterocycles. The van der Waals surface area contributed by atoms with E-state index in [-0.39, 0.29) is 5.91 Å². The van der Waals surface area contributed by atoms with E-state index in [1.54, 1.807) is 36.5 Å². The summed E-state index contributed by atoms with van der Waals surface area (Å²) in [6.07, 6.45) is 1.57. The number of aromatic nitrogens is 1. The van der Waals surface area contributed by atoms with E-state index in [9.17, 15) is 4.79 Å². The number of nitrogens with two attached hydrogens (primary N) is 1. The van der Waals surface area contributed by atoms with E-state index in [0.717, 1.165) is 4.47 Å². The van der Waals surface area contributed by atoms with Crippen LogP contribution >= 0.6 is 31.9 Å². The summed E-state index contributed by atoms with van der Waals surface area (Å²) in [6, 6.07) is 8.69. The van der Waals surface area contributed by atoms with Crippen LogP contribution in [0, 0.1) is 0 Å². The first-order valence-corrected chi connectivity index (χ1v) is 6.63. The molecule has 1 aromatic carbocycles. The third kappa shape index (κ3) is 2.88. The topological polar surface area (TPSA) is 68.0 Å². The third-order valence-corrected chi connectivity index (χ3v) is 3.40. The standard InChI is InChI=1S/C12H9Br2N3O/c13-7-3-4-8(9(14)6-7)12(18)17-11-10(15)2-1-5-16-11/h1-6H,15H2,(H,16,17,18). The highest BCUT2D eigenvalue weighted by Crippen LogP contribution is 2.23. The smallest absolute Gasteiger partial charge is 0.258 e. The van der Waals surface area contributed by atoms with Gasteiger partial charge in [0.05, 0.1) is 11.3 Å². The van der Waals surface area contributed by atoms with Gasteiger partial charge in [-0.1, -0.05) is 15.9 Å². The van der Waals surface area contributed by atoms with Crippen LogP contribution in [0.4, 0.5) is 11.5 Å². The number of carbonyl (C=O) groups excluding carboxylic acids is 1. The lowest BCUT2D eigenvalue weighted by atomic mass is 10.2. The molecule has 1 amide bonds. The van der Waals surface area contributed by atoms with Gasteiger partial charge in [-0.3, -0.25) is 4.79 Å². The van der Waals surface area contributed by atoms with Gasteiger partial charge in [0.25, 0.3) is 5.91 Å². The second-order valence-corrected chi connectivity index (χ2v) is 5.29. The Hall–Kier alpha value is -1.40. The van der Waals surface area contributed by atoms with Crippen molar-refractivity contribution >= 4 is 49.3 Å². The van der Waals surface area contributed by atoms with Crippen molar-refractivity contribution in [3.8, 4) is 0 Å². The molecule has 92 valence electrons. The summed E-state index contributed by atoms with van der Waals surface area (Å²) in [4.78, 5) is 16.1. The van der Waals surface area contributed by atoms with Gasteiger partial charge in [-0.2, -0.15) is 0 Å². The molecule has 0 atom stereocenters. The second kappa shape index (κ2) is 5.49. The van der Waals surface area contributed by atoms with Crippen LogP contribution in [0.15, 0.2) is 45.5 Å². The quantitative estimate of drug-likeness (QED) is 0.850. The van der Waals surface area contributed by atoms with Crippen LogP contribution in [0.25, 0.3) is 0 Å². The fourth-order valence-corrected chi connectivity index (χ4v) is 2.60. The van der Waals surface area contributed by atoms with Crippen LogP contribution < -0.4 is 11.1 Å². The van der Waals surface area contributed by atoms with E-state index in [0.29, 0.717) is 21.5 Å². The predicted molar refractivity (Wildman–Crippen MR) is 78.4 cm³/mol. The molecule has 0 unspecified atom stereocenters. The van der Waals surface area contributed by atoms with Crippen molar-refractivity contribution in [3.05, 3.63) is 51.0 Å². The molecule has 2 aromatic rings. The van der Waals surface area contributed by atoms with Gasteiger partial charge in [0.2, 0.25) is 0 Å². The van der Waals surface area contributed by atoms with Gasteiger partial charge in [-0.15, -0.1) is 0 Å². The van der Waals surface area contributed by atoms with Crippen molar-refractivity contribution in [3.63, 3.8) is 0 Å². The lowest BCUT2D eigenvalue weighted by Crippen LogP contribution is -2.14. The minimum atomic E-state index is -0.264. The molecule has 3 N–H and O–H groups in total. The molecule has 1 aromatic heterocycles. The van der Waals surface area contributed by atoms with Crippen LogP contribution in [0.3, 0.4) is 0 Å². The van der Waals surface area contributed by atoms with Crippen molar-refractivity contribution in [1.29, 1.82) is 0 Å². The summed E-state index contributed by atoms with van der Waals surface area (Å²) in [5, 5.41) is 2.67. The normalized spacial score (nSPS) is 10.1. The molecule has 0 spiro atoms. The average Bonchev–Trinajstić information content (AvgIpc) is 2.32. The van der Waals surface area contributed by atoms with Gasteiger partial charge in [0.15, 0.2) is 5.82 Å². The fraction of sp³-hybridized carbons (Fsp3) is 0. The minimum absolute atomic E-state index is 0.264. The van der Waals surface area contributed by atoms with Crippen LogP contribution in [0.5, 0.6) is 0 Å². The maximum absolute atomic E-state index is 12.0. The number of nitrogen functional groups attached to an aromatic ring is 1. The summed E-state index contributed by atoms with van der Waals surface area (Å²) >= 11 is 6.67. The molecule has 0 saturated heterocycles. The highest BCUT2D eigenvalue weighted by Gasteiger charge is 2.12. The van der Waals surface area contributed by atoms with Gasteiger partial charge < -0.3 is 11.1 Å². The molecule has 18 heavy (non-hydrogen) atoms. The monoisotopic (exact) mass is 369 g/mol. The van der Waals surface area contributed by atoms with Gasteiger partial charge in [-0.05, 0) is 46.3 Å². The molecule has 0 radical (unpaired) electrons. The Bertz CT molecular complexity index is 602. The van der Waals surface area contributed by atoms with Gasteiger partial charge in [-0.25, -0.2) is 4.98 Å². The molecule has 0 fully saturated rings. The van der Waals surface area contributed by atoms with Crippen molar-refractivity contribution in [1.82, 2.24) is 4.98 Å². The maximum Gasteiger partial charge on any atom is 0.258 e. The van der Waals surface area contributed by atoms with Gasteiger partial charge >= 0.3 is 0 Å². The first-order chi connectivity index (χ1) is 8.58. The fourth-order valence-electron chi connectivity index (χ4n) is 1.37. The highest BCUT2D eigenvalue weighted by atomic mass is 79.9. The molecular formula is C12H9Br2N3O. The van der Waals surface area contributed by atoms with Crippen LogP contribution in [-0.2, 0) is 0 Å². The Morgan fingerprint density at radius 3 is 2.72 bits per heavy atom. The van der Waals surface area contributed by atoms with E-state index in [1.165, 1.54) is 0 Å². The van der Waals surface area contributed by atoms with Gasteiger partial charge in [0.1, 0.15) is 0 Å². The van der Waals surface area contributed by atoms with Crippen molar-refractivity contribution in [2.45, 2.75) is 0 Å². The molecular weight excluding hydrogens is 362 g/mol. The van der Waals surface area contributed by atoms with Crippen LogP contribution in [0.1, 0.15) is 10.4 Å². The number of benzene rings is 1. The average molecular weight is 371 g/mol. The number of hydrogen-bond donors (Lipinski definition) is 2. The Labute approximate surface area is 121 Å². The van der Waals surface area contributed by atoms with E-state index in [2.05, 4.69) is 42.2 Å². The predicted octanol–water partition coefficient (Wildman–Crippen LogP) is 3.44. The number of halogens is 2. The lowest BCUT2D eigenvalue weighted by molar-refractivity contribution is 0.102. The zero-order valence-corrected chi connectivity index (χ0v) is 12.3. The van der Waals surface area contributed by atoms with E-state index < -0.39 is 0 Å². The zero-order chi connectivity index (χ0) is 13.1. The van der Waals surface area contributed by atoms with Crippen LogP contribution in [-0.4, -0.2) is 10.9 Å². The molecule has 0 aliphatic carbocycles. The SMILES string of the molecule is Nc1cccnc1NC(=O)c1ccc(Br)cc1Br. The van der Waals surface area contributed by atoms with E-state index in [1.807, 2.05) is 0 Å². The Kier molecular flexibility index (Phi) is 3.98. The summed E-state index contributed by atoms with van der Waals surface area (Å²) < 4.78 is 1.59. The maximum atomic E-state index is 12.0. The molecule has 0 saturated carbocycles. The highest BCUT2D eigenvalue weighted by molar-refractivity contribution is 9.11. The van der Waals surface area contributed by atoms with Crippen molar-refractivity contribution < 1.29 is 4.79 Å². The number of nitrogens with zero attached hydrogens (tertiary/aromatic N) is 1. The Morgan fingerprint density at radius 1 is 1.28 bits per heavy atom. The summed E-state index contributed by atoms with van der Waals surface area (Å²) in [6.45, 7) is 0. The number of amides is 1. The minimum Gasteiger partial charge on any atom is -0.396 e. The number of hydrogen-bond acceptors (Lipinski definition) is 3. The van der Waals surface area contributed by atoms with Gasteiger partial charge in [0, 0.05) is 15.1 Å². The molecule has 0 aliphatic heterocycles. The molecule has 0 aliphatic rings. The largest absolute Gasteiger partial charge is 0.396 e. The number of anilines is 2. The molecule has 2 rings (SSSR count). The zero-order valence-electron chi connectivity index (χ0n) is 9.15. The Balaban J connectivity index is 2.25. The molecule has 6 heteroatoms. The third-order valence-electron chi connectivity index (χ3n) is 2.25. The van der Waals surface area contributed by atoms with E-state index in [4.69, 9.17) is 5.73 Å². The number of rotatable bonds is 2. The summed E-state index contributed by atoms with van der Waals surface area (Å²) in [7, 11) is 0.